The van der Waals surface area contributed by atoms with E-state index < -0.39 is 0 Å². The molecule has 1 aromatic rings. The van der Waals surface area contributed by atoms with Crippen LogP contribution in [0.1, 0.15) is 50.0 Å². The molecule has 0 aromatic carbocycles. The molecule has 0 aliphatic carbocycles. The van der Waals surface area contributed by atoms with E-state index in [1.807, 2.05) is 0 Å². The van der Waals surface area contributed by atoms with Gasteiger partial charge in [0.15, 0.2) is 0 Å². The van der Waals surface area contributed by atoms with Crippen molar-refractivity contribution in [3.63, 3.8) is 0 Å². The van der Waals surface area contributed by atoms with Gasteiger partial charge in [0.2, 0.25) is 0 Å². The van der Waals surface area contributed by atoms with Crippen LogP contribution in [0.2, 0.25) is 0 Å². The molecule has 1 aliphatic rings. The van der Waals surface area contributed by atoms with Crippen molar-refractivity contribution in [2.45, 2.75) is 59.4 Å². The van der Waals surface area contributed by atoms with Gasteiger partial charge >= 0.3 is 0 Å². The second kappa shape index (κ2) is 6.84. The zero-order valence-corrected chi connectivity index (χ0v) is 14.1. The average molecular weight is 291 g/mol. The molecule has 4 heteroatoms. The molecule has 2 heterocycles. The second-order valence-corrected chi connectivity index (χ2v) is 7.15. The third-order valence-corrected chi connectivity index (χ3v) is 3.99. The molecule has 0 bridgehead atoms. The fourth-order valence-electron chi connectivity index (χ4n) is 2.83. The average Bonchev–Trinajstić information content (AvgIpc) is 2.84. The molecule has 0 amide bonds. The number of nitrogens with zero attached hydrogens (tertiary/aromatic N) is 2. The Morgan fingerprint density at radius 1 is 1.19 bits per heavy atom. The number of ether oxygens (including phenoxy) is 1. The van der Waals surface area contributed by atoms with E-state index in [2.05, 4.69) is 39.9 Å². The highest BCUT2D eigenvalue weighted by atomic mass is 16.5. The molecule has 1 aliphatic heterocycles. The molecule has 1 aromatic heterocycles. The van der Waals surface area contributed by atoms with Gasteiger partial charge in [-0.3, -0.25) is 0 Å². The molecule has 1 fully saturated rings. The van der Waals surface area contributed by atoms with Gasteiger partial charge in [-0.05, 0) is 65.5 Å². The van der Waals surface area contributed by atoms with Gasteiger partial charge in [0.05, 0.1) is 0 Å². The van der Waals surface area contributed by atoms with E-state index in [1.54, 1.807) is 0 Å². The Kier molecular flexibility index (Phi) is 5.33. The highest BCUT2D eigenvalue weighted by molar-refractivity contribution is 5.25. The lowest BCUT2D eigenvalue weighted by atomic mass is 10.0. The molecule has 1 saturated heterocycles. The summed E-state index contributed by atoms with van der Waals surface area (Å²) in [5, 5.41) is 3.53. The molecule has 21 heavy (non-hydrogen) atoms. The van der Waals surface area contributed by atoms with E-state index in [0.29, 0.717) is 5.92 Å². The number of aryl methyl sites for hydroxylation is 2. The smallest absolute Gasteiger partial charge is 0.129 e. The van der Waals surface area contributed by atoms with Crippen LogP contribution in [0.3, 0.4) is 0 Å². The molecule has 1 N–H and O–H groups in total. The predicted molar refractivity (Wildman–Crippen MR) is 85.6 cm³/mol. The van der Waals surface area contributed by atoms with E-state index in [4.69, 9.17) is 14.7 Å². The number of nitrogens with one attached hydrogen (secondary N) is 1. The van der Waals surface area contributed by atoms with E-state index in [9.17, 15) is 0 Å². The highest BCUT2D eigenvalue weighted by Gasteiger charge is 2.18. The summed E-state index contributed by atoms with van der Waals surface area (Å²) in [7, 11) is 0. The second-order valence-electron chi connectivity index (χ2n) is 7.15. The molecular weight excluding hydrogens is 262 g/mol. The summed E-state index contributed by atoms with van der Waals surface area (Å²) in [6.07, 6.45) is 3.07. The normalized spacial score (nSPS) is 19.2. The van der Waals surface area contributed by atoms with E-state index >= 15 is 0 Å². The van der Waals surface area contributed by atoms with Gasteiger partial charge in [-0.1, -0.05) is 0 Å². The minimum atomic E-state index is 0.158. The molecule has 118 valence electrons. The zero-order chi connectivity index (χ0) is 15.5. The van der Waals surface area contributed by atoms with Crippen molar-refractivity contribution in [1.29, 1.82) is 0 Å². The summed E-state index contributed by atoms with van der Waals surface area (Å²) < 4.78 is 5.43. The third-order valence-electron chi connectivity index (χ3n) is 3.99. The van der Waals surface area contributed by atoms with Gasteiger partial charge in [-0.25, -0.2) is 9.97 Å². The van der Waals surface area contributed by atoms with Crippen molar-refractivity contribution < 1.29 is 4.74 Å². The van der Waals surface area contributed by atoms with E-state index in [1.165, 1.54) is 5.56 Å². The molecule has 1 unspecified atom stereocenters. The Balaban J connectivity index is 1.99. The van der Waals surface area contributed by atoms with Crippen LogP contribution in [0.4, 0.5) is 0 Å². The lowest BCUT2D eigenvalue weighted by Gasteiger charge is -2.21. The summed E-state index contributed by atoms with van der Waals surface area (Å²) in [6.45, 7) is 13.5. The van der Waals surface area contributed by atoms with Crippen molar-refractivity contribution in [3.8, 4) is 0 Å². The van der Waals surface area contributed by atoms with Crippen LogP contribution in [0.15, 0.2) is 0 Å². The first-order chi connectivity index (χ1) is 9.85. The van der Waals surface area contributed by atoms with Crippen LogP contribution in [0, 0.1) is 19.8 Å². The molecule has 2 rings (SSSR count). The lowest BCUT2D eigenvalue weighted by Crippen LogP contribution is -2.37. The van der Waals surface area contributed by atoms with Crippen LogP contribution in [0.5, 0.6) is 0 Å². The molecule has 1 atom stereocenters. The topological polar surface area (TPSA) is 47.0 Å². The van der Waals surface area contributed by atoms with Gasteiger partial charge in [0.1, 0.15) is 5.82 Å². The Hall–Kier alpha value is -1.00. The van der Waals surface area contributed by atoms with E-state index in [0.717, 1.165) is 56.2 Å². The van der Waals surface area contributed by atoms with Crippen molar-refractivity contribution in [3.05, 3.63) is 22.8 Å². The summed E-state index contributed by atoms with van der Waals surface area (Å²) in [5.41, 5.74) is 3.71. The fourth-order valence-corrected chi connectivity index (χ4v) is 2.83. The van der Waals surface area contributed by atoms with Gasteiger partial charge < -0.3 is 10.1 Å². The van der Waals surface area contributed by atoms with Crippen LogP contribution in [-0.4, -0.2) is 35.3 Å². The summed E-state index contributed by atoms with van der Waals surface area (Å²) in [5.74, 6) is 1.57. The Labute approximate surface area is 128 Å². The number of hydrogen-bond donors (Lipinski definition) is 1. The quantitative estimate of drug-likeness (QED) is 0.906. The molecular formula is C17H29N3O. The molecule has 0 radical (unpaired) electrons. The van der Waals surface area contributed by atoms with Crippen LogP contribution in [0.25, 0.3) is 0 Å². The fraction of sp³-hybridized carbons (Fsp3) is 0.765. The largest absolute Gasteiger partial charge is 0.381 e. The van der Waals surface area contributed by atoms with Crippen molar-refractivity contribution in [2.75, 3.05) is 19.8 Å². The lowest BCUT2D eigenvalue weighted by molar-refractivity contribution is 0.185. The summed E-state index contributed by atoms with van der Waals surface area (Å²) >= 11 is 0. The Bertz CT molecular complexity index is 450. The minimum Gasteiger partial charge on any atom is -0.381 e. The van der Waals surface area contributed by atoms with Gasteiger partial charge in [-0.2, -0.15) is 0 Å². The number of hydrogen-bond acceptors (Lipinski definition) is 4. The van der Waals surface area contributed by atoms with Crippen molar-refractivity contribution in [1.82, 2.24) is 15.3 Å². The molecule has 0 spiro atoms. The van der Waals surface area contributed by atoms with Crippen LogP contribution in [-0.2, 0) is 17.6 Å². The number of aromatic nitrogens is 2. The van der Waals surface area contributed by atoms with Crippen LogP contribution < -0.4 is 5.32 Å². The summed E-state index contributed by atoms with van der Waals surface area (Å²) in [4.78, 5) is 9.44. The maximum absolute atomic E-state index is 5.43. The van der Waals surface area contributed by atoms with Crippen molar-refractivity contribution in [2.24, 2.45) is 5.92 Å². The zero-order valence-electron chi connectivity index (χ0n) is 14.1. The first kappa shape index (κ1) is 16.4. The summed E-state index contributed by atoms with van der Waals surface area (Å²) in [6, 6.07) is 0. The maximum atomic E-state index is 5.43. The Morgan fingerprint density at radius 3 is 2.38 bits per heavy atom. The monoisotopic (exact) mass is 291 g/mol. The molecule has 4 nitrogen and oxygen atoms in total. The molecule has 0 saturated carbocycles. The van der Waals surface area contributed by atoms with Crippen molar-refractivity contribution >= 4 is 0 Å². The predicted octanol–water partition coefficient (Wildman–Crippen LogP) is 2.60. The SMILES string of the molecule is Cc1nc(CC2CCOC2)nc(C)c1CCNC(C)(C)C. The van der Waals surface area contributed by atoms with Gasteiger partial charge in [0.25, 0.3) is 0 Å². The third kappa shape index (κ3) is 5.04. The minimum absolute atomic E-state index is 0.158. The number of rotatable bonds is 5. The first-order valence-electron chi connectivity index (χ1n) is 8.01. The first-order valence-corrected chi connectivity index (χ1v) is 8.01. The Morgan fingerprint density at radius 2 is 1.86 bits per heavy atom. The standard InChI is InChI=1S/C17H29N3O/c1-12-15(6-8-18-17(3,4)5)13(2)20-16(19-12)10-14-7-9-21-11-14/h14,18H,6-11H2,1-5H3. The van der Waals surface area contributed by atoms with Crippen LogP contribution >= 0.6 is 0 Å². The van der Waals surface area contributed by atoms with Gasteiger partial charge in [0, 0.05) is 36.6 Å². The highest BCUT2D eigenvalue weighted by Crippen LogP contribution is 2.18. The maximum Gasteiger partial charge on any atom is 0.129 e. The van der Waals surface area contributed by atoms with Gasteiger partial charge in [-0.15, -0.1) is 0 Å². The van der Waals surface area contributed by atoms with E-state index in [-0.39, 0.29) is 5.54 Å².